The predicted molar refractivity (Wildman–Crippen MR) is 142 cm³/mol. The van der Waals surface area contributed by atoms with E-state index in [4.69, 9.17) is 39.8 Å². The van der Waals surface area contributed by atoms with Crippen molar-refractivity contribution in [3.8, 4) is 17.4 Å². The number of nitrogens with one attached hydrogen (secondary N) is 2. The molecule has 0 saturated carbocycles. The van der Waals surface area contributed by atoms with Crippen LogP contribution in [0.1, 0.15) is 53.8 Å². The van der Waals surface area contributed by atoms with Crippen LogP contribution < -0.4 is 10.6 Å². The molecule has 0 bridgehead atoms. The maximum atomic E-state index is 12.7. The number of carbonyl (C=O) groups is 1. The number of nitrogens with zero attached hydrogens (tertiary/aromatic N) is 1. The summed E-state index contributed by atoms with van der Waals surface area (Å²) in [5, 5.41) is 17.2. The number of thiophene rings is 1. The number of hydrogen-bond acceptors (Lipinski definition) is 5. The Hall–Kier alpha value is -2.37. The van der Waals surface area contributed by atoms with Gasteiger partial charge in [0.2, 0.25) is 0 Å². The summed E-state index contributed by atoms with van der Waals surface area (Å²) in [6.07, 6.45) is 2.87. The number of amides is 1. The molecule has 2 heterocycles. The van der Waals surface area contributed by atoms with E-state index in [-0.39, 0.29) is 16.3 Å². The summed E-state index contributed by atoms with van der Waals surface area (Å²) in [5.41, 5.74) is 2.51. The van der Waals surface area contributed by atoms with E-state index in [1.165, 1.54) is 16.2 Å². The van der Waals surface area contributed by atoms with Gasteiger partial charge in [0.1, 0.15) is 16.8 Å². The number of hydrogen-bond donors (Lipinski definition) is 2. The summed E-state index contributed by atoms with van der Waals surface area (Å²) in [6.45, 7) is 6.77. The Balaban J connectivity index is 1.46. The lowest BCUT2D eigenvalue weighted by molar-refractivity contribution is 0.0951. The van der Waals surface area contributed by atoms with E-state index in [0.29, 0.717) is 37.9 Å². The van der Waals surface area contributed by atoms with Gasteiger partial charge in [-0.15, -0.1) is 11.3 Å². The van der Waals surface area contributed by atoms with E-state index in [0.717, 1.165) is 24.8 Å². The van der Waals surface area contributed by atoms with Gasteiger partial charge in [0, 0.05) is 15.5 Å². The highest BCUT2D eigenvalue weighted by molar-refractivity contribution is 7.80. The van der Waals surface area contributed by atoms with Crippen LogP contribution in [0.25, 0.3) is 11.3 Å². The molecule has 0 spiro atoms. The molecule has 0 radical (unpaired) electrons. The van der Waals surface area contributed by atoms with Gasteiger partial charge >= 0.3 is 0 Å². The molecule has 4 rings (SSSR count). The van der Waals surface area contributed by atoms with Crippen LogP contribution in [-0.4, -0.2) is 11.0 Å². The summed E-state index contributed by atoms with van der Waals surface area (Å²) in [7, 11) is 0. The smallest absolute Gasteiger partial charge is 0.293 e. The molecule has 1 amide bonds. The van der Waals surface area contributed by atoms with Gasteiger partial charge in [-0.3, -0.25) is 10.1 Å². The maximum absolute atomic E-state index is 12.7. The second kappa shape index (κ2) is 9.71. The molecule has 2 N–H and O–H groups in total. The summed E-state index contributed by atoms with van der Waals surface area (Å²) >= 11 is 19.2. The molecule has 2 aromatic heterocycles. The quantitative estimate of drug-likeness (QED) is 0.342. The molecule has 9 heteroatoms. The van der Waals surface area contributed by atoms with Crippen molar-refractivity contribution < 1.29 is 9.21 Å². The molecule has 0 unspecified atom stereocenters. The number of furan rings is 1. The highest BCUT2D eigenvalue weighted by Crippen LogP contribution is 2.44. The zero-order valence-electron chi connectivity index (χ0n) is 18.9. The average Bonchev–Trinajstić information content (AvgIpc) is 3.38. The number of rotatable bonds is 3. The zero-order chi connectivity index (χ0) is 24.6. The lowest BCUT2D eigenvalue weighted by Crippen LogP contribution is -2.33. The number of thiocarbonyl (C=S) groups is 1. The van der Waals surface area contributed by atoms with E-state index in [9.17, 15) is 10.1 Å². The molecular weight excluding hydrogens is 509 g/mol. The minimum absolute atomic E-state index is 0.0780. The van der Waals surface area contributed by atoms with Gasteiger partial charge in [-0.05, 0) is 78.7 Å². The molecule has 3 aromatic rings. The fourth-order valence-corrected chi connectivity index (χ4v) is 6.05. The van der Waals surface area contributed by atoms with Crippen molar-refractivity contribution in [3.63, 3.8) is 0 Å². The van der Waals surface area contributed by atoms with Gasteiger partial charge in [0.25, 0.3) is 5.91 Å². The molecule has 1 aliphatic carbocycles. The minimum atomic E-state index is -0.505. The first-order valence-electron chi connectivity index (χ1n) is 10.8. The summed E-state index contributed by atoms with van der Waals surface area (Å²) in [4.78, 5) is 13.9. The number of benzene rings is 1. The van der Waals surface area contributed by atoms with Crippen LogP contribution in [0.2, 0.25) is 10.0 Å². The Kier molecular flexibility index (Phi) is 7.07. The second-order valence-electron chi connectivity index (χ2n) is 9.32. The molecule has 0 aliphatic heterocycles. The minimum Gasteiger partial charge on any atom is -0.451 e. The zero-order valence-corrected chi connectivity index (χ0v) is 22.1. The molecule has 1 atom stereocenters. The third-order valence-corrected chi connectivity index (χ3v) is 8.02. The Morgan fingerprint density at radius 3 is 2.74 bits per heavy atom. The van der Waals surface area contributed by atoms with Crippen LogP contribution in [0.3, 0.4) is 0 Å². The van der Waals surface area contributed by atoms with E-state index in [2.05, 4.69) is 37.5 Å². The van der Waals surface area contributed by atoms with Gasteiger partial charge in [0.15, 0.2) is 10.9 Å². The predicted octanol–water partition coefficient (Wildman–Crippen LogP) is 7.46. The third-order valence-electron chi connectivity index (χ3n) is 6.08. The summed E-state index contributed by atoms with van der Waals surface area (Å²) in [6, 6.07) is 10.5. The van der Waals surface area contributed by atoms with Crippen molar-refractivity contribution in [1.29, 1.82) is 5.26 Å². The SMILES string of the molecule is CC(C)(C)[C@H]1CCc2c(sc(NC(=S)NC(=O)c3ccc(-c4cc(Cl)ccc4Cl)o3)c2C#N)C1. The lowest BCUT2D eigenvalue weighted by Gasteiger charge is -2.33. The highest BCUT2D eigenvalue weighted by Gasteiger charge is 2.32. The third kappa shape index (κ3) is 5.16. The Labute approximate surface area is 218 Å². The standard InChI is InChI=1S/C25H23Cl2N3O2S2/c1-25(2,3)13-4-6-15-17(12-28)23(34-21(15)10-13)30-24(33)29-22(31)20-9-8-19(32-20)16-11-14(26)5-7-18(16)27/h5,7-9,11,13H,4,6,10H2,1-3H3,(H2,29,30,31,33)/t13-/m0/s1. The molecule has 5 nitrogen and oxygen atoms in total. The van der Waals surface area contributed by atoms with Crippen molar-refractivity contribution in [2.45, 2.75) is 40.0 Å². The van der Waals surface area contributed by atoms with Gasteiger partial charge < -0.3 is 9.73 Å². The Bertz CT molecular complexity index is 1310. The van der Waals surface area contributed by atoms with Crippen molar-refractivity contribution in [3.05, 3.63) is 62.1 Å². The molecule has 1 aromatic carbocycles. The average molecular weight is 533 g/mol. The topological polar surface area (TPSA) is 78.1 Å². The monoisotopic (exact) mass is 531 g/mol. The maximum Gasteiger partial charge on any atom is 0.293 e. The highest BCUT2D eigenvalue weighted by atomic mass is 35.5. The van der Waals surface area contributed by atoms with E-state index < -0.39 is 5.91 Å². The molecule has 34 heavy (non-hydrogen) atoms. The van der Waals surface area contributed by atoms with Crippen LogP contribution in [0.15, 0.2) is 34.7 Å². The number of halogens is 2. The fraction of sp³-hybridized carbons (Fsp3) is 0.320. The molecule has 1 aliphatic rings. The molecular formula is C25H23Cl2N3O2S2. The van der Waals surface area contributed by atoms with Crippen molar-refractivity contribution in [1.82, 2.24) is 5.32 Å². The Morgan fingerprint density at radius 2 is 2.03 bits per heavy atom. The first-order chi connectivity index (χ1) is 16.1. The van der Waals surface area contributed by atoms with Crippen LogP contribution in [0.4, 0.5) is 5.00 Å². The first kappa shape index (κ1) is 24.7. The Morgan fingerprint density at radius 1 is 1.26 bits per heavy atom. The van der Waals surface area contributed by atoms with E-state index >= 15 is 0 Å². The van der Waals surface area contributed by atoms with E-state index in [1.807, 2.05) is 0 Å². The van der Waals surface area contributed by atoms with Crippen molar-refractivity contribution in [2.24, 2.45) is 11.3 Å². The van der Waals surface area contributed by atoms with Gasteiger partial charge in [0.05, 0.1) is 10.6 Å². The normalized spacial score (nSPS) is 15.4. The van der Waals surface area contributed by atoms with Crippen LogP contribution in [0, 0.1) is 22.7 Å². The van der Waals surface area contributed by atoms with Crippen molar-refractivity contribution >= 4 is 62.8 Å². The number of nitriles is 1. The van der Waals surface area contributed by atoms with Gasteiger partial charge in [-0.25, -0.2) is 0 Å². The van der Waals surface area contributed by atoms with Crippen molar-refractivity contribution in [2.75, 3.05) is 5.32 Å². The number of fused-ring (bicyclic) bond motifs is 1. The molecule has 0 saturated heterocycles. The van der Waals surface area contributed by atoms with E-state index in [1.54, 1.807) is 30.3 Å². The first-order valence-corrected chi connectivity index (χ1v) is 12.8. The lowest BCUT2D eigenvalue weighted by atomic mass is 9.72. The number of anilines is 1. The fourth-order valence-electron chi connectivity index (χ4n) is 4.12. The van der Waals surface area contributed by atoms with Crippen LogP contribution >= 0.6 is 46.8 Å². The molecule has 176 valence electrons. The van der Waals surface area contributed by atoms with Crippen LogP contribution in [0.5, 0.6) is 0 Å². The number of carbonyl (C=O) groups excluding carboxylic acids is 1. The molecule has 0 fully saturated rings. The van der Waals surface area contributed by atoms with Gasteiger partial charge in [-0.2, -0.15) is 5.26 Å². The largest absolute Gasteiger partial charge is 0.451 e. The second-order valence-corrected chi connectivity index (χ2v) is 11.7. The summed E-state index contributed by atoms with van der Waals surface area (Å²) in [5.74, 6) is 0.553. The van der Waals surface area contributed by atoms with Crippen LogP contribution in [-0.2, 0) is 12.8 Å². The van der Waals surface area contributed by atoms with Gasteiger partial charge in [-0.1, -0.05) is 44.0 Å². The summed E-state index contributed by atoms with van der Waals surface area (Å²) < 4.78 is 5.68.